The number of nitrogens with one attached hydrogen (secondary N) is 1. The second-order valence-corrected chi connectivity index (χ2v) is 5.23. The van der Waals surface area contributed by atoms with Crippen molar-refractivity contribution >= 4 is 17.3 Å². The van der Waals surface area contributed by atoms with E-state index in [0.29, 0.717) is 18.3 Å². The van der Waals surface area contributed by atoms with E-state index in [1.54, 1.807) is 13.0 Å². The lowest BCUT2D eigenvalue weighted by atomic mass is 10.2. The van der Waals surface area contributed by atoms with E-state index in [1.165, 1.54) is 12.1 Å². The average molecular weight is 293 g/mol. The maximum atomic E-state index is 12.1. The van der Waals surface area contributed by atoms with Gasteiger partial charge in [0.05, 0.1) is 23.8 Å². The molecular weight excluding hydrogens is 274 g/mol. The Morgan fingerprint density at radius 2 is 2.24 bits per heavy atom. The molecule has 0 radical (unpaired) electrons. The van der Waals surface area contributed by atoms with Gasteiger partial charge in [0.1, 0.15) is 0 Å². The molecule has 0 saturated heterocycles. The van der Waals surface area contributed by atoms with Crippen molar-refractivity contribution in [1.29, 1.82) is 0 Å². The number of aliphatic hydroxyl groups excluding tert-OH is 1. The zero-order chi connectivity index (χ0) is 15.4. The van der Waals surface area contributed by atoms with Gasteiger partial charge in [0, 0.05) is 24.7 Å². The summed E-state index contributed by atoms with van der Waals surface area (Å²) in [5.74, 6) is -0.223. The minimum atomic E-state index is -0.489. The summed E-state index contributed by atoms with van der Waals surface area (Å²) in [6, 6.07) is 4.75. The first-order chi connectivity index (χ1) is 10.0. The van der Waals surface area contributed by atoms with Gasteiger partial charge >= 0.3 is 0 Å². The third-order valence-electron chi connectivity index (χ3n) is 3.50. The molecule has 1 saturated carbocycles. The second-order valence-electron chi connectivity index (χ2n) is 5.23. The molecule has 1 aromatic carbocycles. The number of hydrogen-bond acceptors (Lipinski definition) is 5. The SMILES string of the molecule is Cc1ccc([N+](=O)[O-])cc1NC(=O)CN(CCO)C1CC1. The Bertz CT molecular complexity index is 543. The zero-order valence-electron chi connectivity index (χ0n) is 11.9. The van der Waals surface area contributed by atoms with Crippen molar-refractivity contribution in [2.45, 2.75) is 25.8 Å². The smallest absolute Gasteiger partial charge is 0.271 e. The fourth-order valence-corrected chi connectivity index (χ4v) is 2.19. The number of nitrogens with zero attached hydrogens (tertiary/aromatic N) is 2. The van der Waals surface area contributed by atoms with Crippen LogP contribution in [-0.2, 0) is 4.79 Å². The van der Waals surface area contributed by atoms with E-state index >= 15 is 0 Å². The highest BCUT2D eigenvalue weighted by Gasteiger charge is 2.29. The van der Waals surface area contributed by atoms with Crippen LogP contribution in [0.2, 0.25) is 0 Å². The second kappa shape index (κ2) is 6.64. The number of hydrogen-bond donors (Lipinski definition) is 2. The first-order valence-corrected chi connectivity index (χ1v) is 6.91. The quantitative estimate of drug-likeness (QED) is 0.583. The molecule has 2 rings (SSSR count). The van der Waals surface area contributed by atoms with Crippen molar-refractivity contribution in [3.63, 3.8) is 0 Å². The van der Waals surface area contributed by atoms with Crippen molar-refractivity contribution in [1.82, 2.24) is 4.90 Å². The number of nitro groups is 1. The van der Waals surface area contributed by atoms with Crippen LogP contribution in [0.5, 0.6) is 0 Å². The summed E-state index contributed by atoms with van der Waals surface area (Å²) in [5.41, 5.74) is 1.17. The molecule has 7 heteroatoms. The number of non-ortho nitro benzene ring substituents is 1. The van der Waals surface area contributed by atoms with Crippen molar-refractivity contribution < 1.29 is 14.8 Å². The Morgan fingerprint density at radius 3 is 2.81 bits per heavy atom. The third kappa shape index (κ3) is 4.24. The van der Waals surface area contributed by atoms with E-state index in [2.05, 4.69) is 5.32 Å². The molecule has 0 bridgehead atoms. The van der Waals surface area contributed by atoms with Crippen LogP contribution in [-0.4, -0.2) is 46.6 Å². The molecule has 1 fully saturated rings. The molecule has 0 spiro atoms. The molecule has 1 amide bonds. The standard InChI is InChI=1S/C14H19N3O4/c1-10-2-3-12(17(20)21)8-13(10)15-14(19)9-16(6-7-18)11-4-5-11/h2-3,8,11,18H,4-7,9H2,1H3,(H,15,19). The fourth-order valence-electron chi connectivity index (χ4n) is 2.19. The highest BCUT2D eigenvalue weighted by atomic mass is 16.6. The number of aliphatic hydroxyl groups is 1. The summed E-state index contributed by atoms with van der Waals surface area (Å²) in [6.45, 7) is 2.45. The number of anilines is 1. The van der Waals surface area contributed by atoms with Crippen LogP contribution < -0.4 is 5.32 Å². The van der Waals surface area contributed by atoms with E-state index in [4.69, 9.17) is 5.11 Å². The van der Waals surface area contributed by atoms with Gasteiger partial charge in [0.15, 0.2) is 0 Å². The number of carbonyl (C=O) groups is 1. The lowest BCUT2D eigenvalue weighted by Crippen LogP contribution is -2.36. The molecule has 0 atom stereocenters. The molecular formula is C14H19N3O4. The van der Waals surface area contributed by atoms with Gasteiger partial charge in [-0.1, -0.05) is 6.07 Å². The largest absolute Gasteiger partial charge is 0.395 e. The lowest BCUT2D eigenvalue weighted by Gasteiger charge is -2.20. The van der Waals surface area contributed by atoms with E-state index in [0.717, 1.165) is 18.4 Å². The minimum Gasteiger partial charge on any atom is -0.395 e. The molecule has 0 heterocycles. The number of nitro benzene ring substituents is 1. The number of carbonyl (C=O) groups excluding carboxylic acids is 1. The van der Waals surface area contributed by atoms with Crippen molar-refractivity contribution in [3.05, 3.63) is 33.9 Å². The highest BCUT2D eigenvalue weighted by molar-refractivity contribution is 5.93. The maximum Gasteiger partial charge on any atom is 0.271 e. The van der Waals surface area contributed by atoms with Crippen molar-refractivity contribution in [2.75, 3.05) is 25.0 Å². The van der Waals surface area contributed by atoms with Gasteiger partial charge in [-0.2, -0.15) is 0 Å². The molecule has 0 unspecified atom stereocenters. The lowest BCUT2D eigenvalue weighted by molar-refractivity contribution is -0.384. The molecule has 2 N–H and O–H groups in total. The predicted molar refractivity (Wildman–Crippen MR) is 78.1 cm³/mol. The molecule has 0 aliphatic heterocycles. The van der Waals surface area contributed by atoms with Crippen molar-refractivity contribution in [2.24, 2.45) is 0 Å². The molecule has 1 aliphatic rings. The Balaban J connectivity index is 2.01. The summed E-state index contributed by atoms with van der Waals surface area (Å²) in [6.07, 6.45) is 2.09. The Labute approximate surface area is 122 Å². The van der Waals surface area contributed by atoms with Gasteiger partial charge in [-0.05, 0) is 25.3 Å². The zero-order valence-corrected chi connectivity index (χ0v) is 11.9. The van der Waals surface area contributed by atoms with Gasteiger partial charge in [0.25, 0.3) is 5.69 Å². The Kier molecular flexibility index (Phi) is 4.87. The van der Waals surface area contributed by atoms with Crippen LogP contribution >= 0.6 is 0 Å². The van der Waals surface area contributed by atoms with Crippen LogP contribution in [0.4, 0.5) is 11.4 Å². The molecule has 1 aliphatic carbocycles. The first kappa shape index (κ1) is 15.4. The normalized spacial score (nSPS) is 14.2. The summed E-state index contributed by atoms with van der Waals surface area (Å²) in [4.78, 5) is 24.3. The van der Waals surface area contributed by atoms with Gasteiger partial charge in [0.2, 0.25) is 5.91 Å². The average Bonchev–Trinajstić information content (AvgIpc) is 3.25. The van der Waals surface area contributed by atoms with E-state index < -0.39 is 4.92 Å². The van der Waals surface area contributed by atoms with E-state index in [9.17, 15) is 14.9 Å². The molecule has 21 heavy (non-hydrogen) atoms. The van der Waals surface area contributed by atoms with Gasteiger partial charge < -0.3 is 10.4 Å². The fraction of sp³-hybridized carbons (Fsp3) is 0.500. The third-order valence-corrected chi connectivity index (χ3v) is 3.50. The summed E-state index contributed by atoms with van der Waals surface area (Å²) < 4.78 is 0. The topological polar surface area (TPSA) is 95.7 Å². The highest BCUT2D eigenvalue weighted by Crippen LogP contribution is 2.26. The summed E-state index contributed by atoms with van der Waals surface area (Å²) in [5, 5.41) is 22.5. The monoisotopic (exact) mass is 293 g/mol. The van der Waals surface area contributed by atoms with Crippen LogP contribution in [0.1, 0.15) is 18.4 Å². The van der Waals surface area contributed by atoms with Crippen molar-refractivity contribution in [3.8, 4) is 0 Å². The number of rotatable bonds is 7. The number of benzene rings is 1. The Hall–Kier alpha value is -1.99. The first-order valence-electron chi connectivity index (χ1n) is 6.91. The summed E-state index contributed by atoms with van der Waals surface area (Å²) >= 11 is 0. The molecule has 7 nitrogen and oxygen atoms in total. The summed E-state index contributed by atoms with van der Waals surface area (Å²) in [7, 11) is 0. The van der Waals surface area contributed by atoms with E-state index in [1.807, 2.05) is 4.90 Å². The molecule has 114 valence electrons. The van der Waals surface area contributed by atoms with Crippen LogP contribution in [0, 0.1) is 17.0 Å². The number of amides is 1. The van der Waals surface area contributed by atoms with Crippen LogP contribution in [0.15, 0.2) is 18.2 Å². The number of aryl methyl sites for hydroxylation is 1. The molecule has 1 aromatic rings. The van der Waals surface area contributed by atoms with Crippen LogP contribution in [0.3, 0.4) is 0 Å². The Morgan fingerprint density at radius 1 is 1.52 bits per heavy atom. The van der Waals surface area contributed by atoms with Crippen LogP contribution in [0.25, 0.3) is 0 Å². The van der Waals surface area contributed by atoms with Gasteiger partial charge in [-0.3, -0.25) is 19.8 Å². The van der Waals surface area contributed by atoms with E-state index in [-0.39, 0.29) is 24.7 Å². The minimum absolute atomic E-state index is 0.0135. The molecule has 0 aromatic heterocycles. The maximum absolute atomic E-state index is 12.1. The van der Waals surface area contributed by atoms with Gasteiger partial charge in [-0.15, -0.1) is 0 Å². The van der Waals surface area contributed by atoms with Gasteiger partial charge in [-0.25, -0.2) is 0 Å². The predicted octanol–water partition coefficient (Wildman–Crippen LogP) is 1.30.